The van der Waals surface area contributed by atoms with Crippen LogP contribution in [0.3, 0.4) is 0 Å². The first-order chi connectivity index (χ1) is 10.2. The molecule has 0 radical (unpaired) electrons. The molecule has 5 heteroatoms. The van der Waals surface area contributed by atoms with Gasteiger partial charge in [-0.1, -0.05) is 6.42 Å². The third-order valence-corrected chi connectivity index (χ3v) is 4.24. The van der Waals surface area contributed by atoms with Crippen LogP contribution < -0.4 is 11.1 Å². The summed E-state index contributed by atoms with van der Waals surface area (Å²) < 4.78 is 14.4. The first-order valence-corrected chi connectivity index (χ1v) is 7.38. The van der Waals surface area contributed by atoms with Crippen molar-refractivity contribution in [2.45, 2.75) is 38.3 Å². The number of nitrogen functional groups attached to an aromatic ring is 1. The van der Waals surface area contributed by atoms with E-state index in [2.05, 4.69) is 10.3 Å². The number of hydrogen-bond acceptors (Lipinski definition) is 4. The van der Waals surface area contributed by atoms with E-state index in [0.717, 1.165) is 29.2 Å². The molecule has 0 bridgehead atoms. The summed E-state index contributed by atoms with van der Waals surface area (Å²) in [4.78, 5) is 4.10. The van der Waals surface area contributed by atoms with Crippen molar-refractivity contribution in [1.82, 2.24) is 10.3 Å². The van der Waals surface area contributed by atoms with Gasteiger partial charge in [0.05, 0.1) is 0 Å². The Balaban J connectivity index is 2.02. The van der Waals surface area contributed by atoms with Gasteiger partial charge in [0.15, 0.2) is 0 Å². The number of aliphatic hydroxyl groups is 1. The number of aromatic nitrogens is 1. The van der Waals surface area contributed by atoms with Crippen LogP contribution in [0.5, 0.6) is 0 Å². The van der Waals surface area contributed by atoms with Crippen LogP contribution >= 0.6 is 0 Å². The maximum Gasteiger partial charge on any atom is 0.128 e. The molecule has 4 nitrogen and oxygen atoms in total. The standard InChI is InChI=1S/C16H20FN3O/c17-15-6-10(4-5-21)13-8-20-16(18)7-12(13)14(15)9-19-11-2-1-3-11/h6-8,11,19,21H,1-5,9H2,(H2,18,20). The molecule has 1 aromatic heterocycles. The molecule has 4 N–H and O–H groups in total. The van der Waals surface area contributed by atoms with Crippen molar-refractivity contribution in [3.8, 4) is 0 Å². The molecule has 1 aromatic carbocycles. The molecule has 3 rings (SSSR count). The predicted molar refractivity (Wildman–Crippen MR) is 81.4 cm³/mol. The van der Waals surface area contributed by atoms with Gasteiger partial charge in [-0.25, -0.2) is 9.37 Å². The van der Waals surface area contributed by atoms with Gasteiger partial charge in [0.1, 0.15) is 11.6 Å². The van der Waals surface area contributed by atoms with Gasteiger partial charge in [0, 0.05) is 36.3 Å². The summed E-state index contributed by atoms with van der Waals surface area (Å²) in [5.74, 6) is 0.135. The van der Waals surface area contributed by atoms with Crippen LogP contribution in [-0.4, -0.2) is 22.7 Å². The zero-order chi connectivity index (χ0) is 14.8. The van der Waals surface area contributed by atoms with Crippen LogP contribution in [0.4, 0.5) is 10.2 Å². The summed E-state index contributed by atoms with van der Waals surface area (Å²) in [6, 6.07) is 3.72. The van der Waals surface area contributed by atoms with Gasteiger partial charge in [-0.2, -0.15) is 0 Å². The third kappa shape index (κ3) is 2.84. The van der Waals surface area contributed by atoms with E-state index in [0.29, 0.717) is 30.4 Å². The fraction of sp³-hybridized carbons (Fsp3) is 0.438. The van der Waals surface area contributed by atoms with Crippen LogP contribution in [0, 0.1) is 5.82 Å². The molecule has 0 unspecified atom stereocenters. The normalized spacial score (nSPS) is 15.3. The minimum absolute atomic E-state index is 0.0153. The van der Waals surface area contributed by atoms with Gasteiger partial charge >= 0.3 is 0 Å². The van der Waals surface area contributed by atoms with Crippen molar-refractivity contribution in [3.05, 3.63) is 35.3 Å². The summed E-state index contributed by atoms with van der Waals surface area (Å²) in [5.41, 5.74) is 7.16. The Labute approximate surface area is 123 Å². The number of nitrogens with one attached hydrogen (secondary N) is 1. The van der Waals surface area contributed by atoms with Crippen LogP contribution in [0.2, 0.25) is 0 Å². The highest BCUT2D eigenvalue weighted by atomic mass is 19.1. The van der Waals surface area contributed by atoms with E-state index < -0.39 is 0 Å². The van der Waals surface area contributed by atoms with Gasteiger partial charge in [-0.05, 0) is 42.3 Å². The lowest BCUT2D eigenvalue weighted by molar-refractivity contribution is 0.300. The highest BCUT2D eigenvalue weighted by Crippen LogP contribution is 2.28. The van der Waals surface area contributed by atoms with E-state index in [1.54, 1.807) is 12.3 Å². The Kier molecular flexibility index (Phi) is 4.03. The van der Waals surface area contributed by atoms with Crippen LogP contribution in [-0.2, 0) is 13.0 Å². The average Bonchev–Trinajstić information content (AvgIpc) is 2.40. The Hall–Kier alpha value is -1.72. The number of fused-ring (bicyclic) bond motifs is 1. The van der Waals surface area contributed by atoms with Crippen LogP contribution in [0.1, 0.15) is 30.4 Å². The summed E-state index contributed by atoms with van der Waals surface area (Å²) in [5, 5.41) is 14.2. The molecule has 21 heavy (non-hydrogen) atoms. The lowest BCUT2D eigenvalue weighted by atomic mass is 9.92. The van der Waals surface area contributed by atoms with Gasteiger partial charge in [-0.3, -0.25) is 0 Å². The second-order valence-electron chi connectivity index (χ2n) is 5.63. The maximum absolute atomic E-state index is 14.4. The summed E-state index contributed by atoms with van der Waals surface area (Å²) in [6.07, 6.45) is 5.64. The Morgan fingerprint density at radius 2 is 2.14 bits per heavy atom. The van der Waals surface area contributed by atoms with Crippen molar-refractivity contribution in [2.24, 2.45) is 0 Å². The topological polar surface area (TPSA) is 71.2 Å². The van der Waals surface area contributed by atoms with E-state index in [-0.39, 0.29) is 12.4 Å². The van der Waals surface area contributed by atoms with E-state index >= 15 is 0 Å². The van der Waals surface area contributed by atoms with Gasteiger partial charge in [0.25, 0.3) is 0 Å². The fourth-order valence-electron chi connectivity index (χ4n) is 2.79. The summed E-state index contributed by atoms with van der Waals surface area (Å²) >= 11 is 0. The van der Waals surface area contributed by atoms with E-state index in [1.165, 1.54) is 12.5 Å². The fourth-order valence-corrected chi connectivity index (χ4v) is 2.79. The molecule has 1 fully saturated rings. The zero-order valence-corrected chi connectivity index (χ0v) is 11.9. The van der Waals surface area contributed by atoms with Gasteiger partial charge in [0.2, 0.25) is 0 Å². The van der Waals surface area contributed by atoms with E-state index in [1.807, 2.05) is 0 Å². The number of nitrogens with zero attached hydrogens (tertiary/aromatic N) is 1. The molecule has 0 spiro atoms. The Morgan fingerprint density at radius 3 is 2.81 bits per heavy atom. The molecular weight excluding hydrogens is 269 g/mol. The first kappa shape index (κ1) is 14.2. The quantitative estimate of drug-likeness (QED) is 0.788. The number of halogens is 1. The number of benzene rings is 1. The zero-order valence-electron chi connectivity index (χ0n) is 11.9. The predicted octanol–water partition coefficient (Wildman–Crippen LogP) is 2.13. The Morgan fingerprint density at radius 1 is 1.33 bits per heavy atom. The highest BCUT2D eigenvalue weighted by molar-refractivity contribution is 5.90. The van der Waals surface area contributed by atoms with Crippen molar-refractivity contribution in [2.75, 3.05) is 12.3 Å². The van der Waals surface area contributed by atoms with Crippen molar-refractivity contribution < 1.29 is 9.50 Å². The molecule has 1 saturated carbocycles. The summed E-state index contributed by atoms with van der Waals surface area (Å²) in [7, 11) is 0. The minimum atomic E-state index is -0.247. The molecule has 112 valence electrons. The maximum atomic E-state index is 14.4. The monoisotopic (exact) mass is 289 g/mol. The average molecular weight is 289 g/mol. The molecule has 1 aliphatic carbocycles. The van der Waals surface area contributed by atoms with Crippen molar-refractivity contribution in [1.29, 1.82) is 0 Å². The number of nitrogens with two attached hydrogens (primary N) is 1. The molecule has 0 saturated heterocycles. The number of hydrogen-bond donors (Lipinski definition) is 3. The molecule has 1 aliphatic rings. The minimum Gasteiger partial charge on any atom is -0.396 e. The van der Waals surface area contributed by atoms with Gasteiger partial charge < -0.3 is 16.2 Å². The molecule has 2 aromatic rings. The smallest absolute Gasteiger partial charge is 0.128 e. The lowest BCUT2D eigenvalue weighted by Gasteiger charge is -2.27. The van der Waals surface area contributed by atoms with Crippen LogP contribution in [0.15, 0.2) is 18.3 Å². The largest absolute Gasteiger partial charge is 0.396 e. The van der Waals surface area contributed by atoms with Crippen LogP contribution in [0.25, 0.3) is 10.8 Å². The SMILES string of the molecule is Nc1cc2c(CNC3CCC3)c(F)cc(CCO)c2cn1. The highest BCUT2D eigenvalue weighted by Gasteiger charge is 2.19. The molecule has 0 atom stereocenters. The number of rotatable bonds is 5. The lowest BCUT2D eigenvalue weighted by Crippen LogP contribution is -2.34. The van der Waals surface area contributed by atoms with E-state index in [4.69, 9.17) is 10.8 Å². The van der Waals surface area contributed by atoms with Crippen molar-refractivity contribution >= 4 is 16.6 Å². The van der Waals surface area contributed by atoms with E-state index in [9.17, 15) is 4.39 Å². The molecule has 0 aliphatic heterocycles. The molecule has 0 amide bonds. The number of anilines is 1. The second kappa shape index (κ2) is 5.95. The number of pyridine rings is 1. The second-order valence-corrected chi connectivity index (χ2v) is 5.63. The first-order valence-electron chi connectivity index (χ1n) is 7.38. The summed E-state index contributed by atoms with van der Waals surface area (Å²) in [6.45, 7) is 0.481. The third-order valence-electron chi connectivity index (χ3n) is 4.24. The Bertz CT molecular complexity index is 656. The van der Waals surface area contributed by atoms with Gasteiger partial charge in [-0.15, -0.1) is 0 Å². The molecular formula is C16H20FN3O. The van der Waals surface area contributed by atoms with Crippen molar-refractivity contribution in [3.63, 3.8) is 0 Å². The number of aliphatic hydroxyl groups excluding tert-OH is 1. The molecule has 1 heterocycles.